The highest BCUT2D eigenvalue weighted by Gasteiger charge is 2.24. The average Bonchev–Trinajstić information content (AvgIpc) is 2.97. The maximum absolute atomic E-state index is 6.44. The quantitative estimate of drug-likeness (QED) is 0.621. The first kappa shape index (κ1) is 18.1. The summed E-state index contributed by atoms with van der Waals surface area (Å²) in [6, 6.07) is 13.3. The van der Waals surface area contributed by atoms with Crippen molar-refractivity contribution in [2.75, 3.05) is 14.1 Å². The third kappa shape index (κ3) is 3.49. The molecule has 0 saturated carbocycles. The molecule has 0 saturated heterocycles. The zero-order valence-electron chi connectivity index (χ0n) is 14.9. The van der Waals surface area contributed by atoms with E-state index in [1.54, 1.807) is 5.06 Å². The van der Waals surface area contributed by atoms with Crippen LogP contribution in [0.4, 0.5) is 0 Å². The Kier molecular flexibility index (Phi) is 4.97. The predicted molar refractivity (Wildman–Crippen MR) is 106 cm³/mol. The van der Waals surface area contributed by atoms with Crippen LogP contribution in [0.3, 0.4) is 0 Å². The highest BCUT2D eigenvalue weighted by atomic mass is 35.5. The number of hydroxylamine groups is 2. The predicted octanol–water partition coefficient (Wildman–Crippen LogP) is 3.92. The van der Waals surface area contributed by atoms with Crippen molar-refractivity contribution < 1.29 is 4.84 Å². The van der Waals surface area contributed by atoms with Crippen molar-refractivity contribution in [2.24, 2.45) is 4.99 Å². The van der Waals surface area contributed by atoms with Crippen LogP contribution in [0.2, 0.25) is 10.0 Å². The molecule has 3 aromatic rings. The number of hydrogen-bond donors (Lipinski definition) is 0. The Morgan fingerprint density at radius 2 is 1.89 bits per heavy atom. The normalized spacial score (nSPS) is 13.1. The number of fused-ring (bicyclic) bond motifs is 3. The monoisotopic (exact) mass is 401 g/mol. The molecule has 0 N–H and O–H groups in total. The number of hydrogen-bond acceptors (Lipinski definition) is 5. The van der Waals surface area contributed by atoms with E-state index in [0.717, 1.165) is 28.4 Å². The fourth-order valence-electron chi connectivity index (χ4n) is 3.03. The van der Waals surface area contributed by atoms with E-state index < -0.39 is 0 Å². The van der Waals surface area contributed by atoms with Crippen LogP contribution in [0.1, 0.15) is 22.8 Å². The van der Waals surface area contributed by atoms with Gasteiger partial charge in [-0.25, -0.2) is 0 Å². The van der Waals surface area contributed by atoms with Crippen molar-refractivity contribution in [3.8, 4) is 5.69 Å². The molecule has 0 fully saturated rings. The molecule has 27 heavy (non-hydrogen) atoms. The highest BCUT2D eigenvalue weighted by molar-refractivity contribution is 6.36. The Bertz CT molecular complexity index is 1030. The van der Waals surface area contributed by atoms with E-state index in [1.165, 1.54) is 0 Å². The summed E-state index contributed by atoms with van der Waals surface area (Å²) < 4.78 is 1.97. The van der Waals surface area contributed by atoms with Gasteiger partial charge < -0.3 is 0 Å². The summed E-state index contributed by atoms with van der Waals surface area (Å²) in [7, 11) is 3.65. The summed E-state index contributed by atoms with van der Waals surface area (Å²) in [5.74, 6) is 1.43. The lowest BCUT2D eigenvalue weighted by molar-refractivity contribution is -0.133. The average molecular weight is 402 g/mol. The lowest BCUT2D eigenvalue weighted by Crippen LogP contribution is -2.15. The van der Waals surface area contributed by atoms with Crippen molar-refractivity contribution in [1.29, 1.82) is 0 Å². The van der Waals surface area contributed by atoms with Crippen molar-refractivity contribution >= 4 is 28.9 Å². The fraction of sp³-hybridized carbons (Fsp3) is 0.211. The van der Waals surface area contributed by atoms with Gasteiger partial charge in [-0.05, 0) is 24.3 Å². The molecular formula is C19H17Cl2N5O. The van der Waals surface area contributed by atoms with Crippen LogP contribution in [0.25, 0.3) is 5.69 Å². The summed E-state index contributed by atoms with van der Waals surface area (Å²) in [5.41, 5.74) is 3.41. The topological polar surface area (TPSA) is 55.5 Å². The van der Waals surface area contributed by atoms with Gasteiger partial charge in [-0.15, -0.1) is 10.2 Å². The van der Waals surface area contributed by atoms with E-state index in [4.69, 9.17) is 33.0 Å². The van der Waals surface area contributed by atoms with Gasteiger partial charge >= 0.3 is 0 Å². The highest BCUT2D eigenvalue weighted by Crippen LogP contribution is 2.30. The van der Waals surface area contributed by atoms with Crippen LogP contribution in [0.5, 0.6) is 0 Å². The molecule has 138 valence electrons. The largest absolute Gasteiger partial charge is 0.291 e. The lowest BCUT2D eigenvalue weighted by atomic mass is 10.0. The van der Waals surface area contributed by atoms with Crippen LogP contribution in [-0.4, -0.2) is 39.6 Å². The minimum atomic E-state index is 0.295. The molecule has 2 heterocycles. The SMILES string of the molecule is CN(C)OCc1nnc2n1-c1ccc(Cl)cc1C(c1ccccc1Cl)=NC2. The number of aliphatic imine (C=N–C) groups is 1. The first-order valence-electron chi connectivity index (χ1n) is 8.37. The molecule has 0 unspecified atom stereocenters. The van der Waals surface area contributed by atoms with Gasteiger partial charge in [0.05, 0.1) is 11.4 Å². The van der Waals surface area contributed by atoms with Crippen LogP contribution >= 0.6 is 23.2 Å². The second kappa shape index (κ2) is 7.40. The van der Waals surface area contributed by atoms with E-state index in [-0.39, 0.29) is 0 Å². The lowest BCUT2D eigenvalue weighted by Gasteiger charge is -2.15. The molecule has 0 bridgehead atoms. The molecule has 6 nitrogen and oxygen atoms in total. The van der Waals surface area contributed by atoms with Crippen molar-refractivity contribution in [2.45, 2.75) is 13.2 Å². The molecular weight excluding hydrogens is 385 g/mol. The van der Waals surface area contributed by atoms with Crippen LogP contribution in [0, 0.1) is 0 Å². The Morgan fingerprint density at radius 3 is 2.67 bits per heavy atom. The maximum atomic E-state index is 6.44. The number of rotatable bonds is 4. The van der Waals surface area contributed by atoms with E-state index in [0.29, 0.717) is 29.0 Å². The zero-order valence-corrected chi connectivity index (χ0v) is 16.4. The molecule has 1 aliphatic rings. The standard InChI is InChI=1S/C19H17Cl2N5O/c1-25(2)27-11-18-24-23-17-10-22-19(13-5-3-4-6-15(13)21)14-9-12(20)7-8-16(14)26(17)18/h3-9H,10-11H2,1-2H3. The van der Waals surface area contributed by atoms with Crippen LogP contribution in [0.15, 0.2) is 47.5 Å². The minimum absolute atomic E-state index is 0.295. The van der Waals surface area contributed by atoms with E-state index in [1.807, 2.05) is 61.1 Å². The summed E-state index contributed by atoms with van der Waals surface area (Å²) in [6.45, 7) is 0.672. The fourth-order valence-corrected chi connectivity index (χ4v) is 3.42. The first-order valence-corrected chi connectivity index (χ1v) is 9.13. The smallest absolute Gasteiger partial charge is 0.165 e. The molecule has 0 atom stereocenters. The van der Waals surface area contributed by atoms with Gasteiger partial charge in [0.1, 0.15) is 13.2 Å². The Hall–Kier alpha value is -2.25. The number of benzene rings is 2. The van der Waals surface area contributed by atoms with E-state index >= 15 is 0 Å². The van der Waals surface area contributed by atoms with Crippen LogP contribution in [-0.2, 0) is 18.0 Å². The molecule has 1 aliphatic heterocycles. The molecule has 0 radical (unpaired) electrons. The Labute approximate surface area is 167 Å². The summed E-state index contributed by atoms with van der Waals surface area (Å²) in [6.07, 6.45) is 0. The molecule has 8 heteroatoms. The van der Waals surface area contributed by atoms with Crippen molar-refractivity contribution in [1.82, 2.24) is 19.8 Å². The third-order valence-electron chi connectivity index (χ3n) is 4.21. The Balaban J connectivity index is 1.89. The number of halogens is 2. The summed E-state index contributed by atoms with van der Waals surface area (Å²) >= 11 is 12.8. The van der Waals surface area contributed by atoms with Crippen molar-refractivity contribution in [3.63, 3.8) is 0 Å². The minimum Gasteiger partial charge on any atom is -0.291 e. The number of nitrogens with zero attached hydrogens (tertiary/aromatic N) is 5. The summed E-state index contributed by atoms with van der Waals surface area (Å²) in [5, 5.41) is 11.5. The second-order valence-corrected chi connectivity index (χ2v) is 7.10. The Morgan fingerprint density at radius 1 is 1.07 bits per heavy atom. The number of aromatic nitrogens is 3. The molecule has 4 rings (SSSR count). The van der Waals surface area contributed by atoms with Crippen LogP contribution < -0.4 is 0 Å². The second-order valence-electron chi connectivity index (χ2n) is 6.26. The third-order valence-corrected chi connectivity index (χ3v) is 4.78. The van der Waals surface area contributed by atoms with Gasteiger partial charge in [0.25, 0.3) is 0 Å². The van der Waals surface area contributed by atoms with Gasteiger partial charge in [-0.2, -0.15) is 5.06 Å². The molecule has 1 aromatic heterocycles. The van der Waals surface area contributed by atoms with Gasteiger partial charge in [-0.3, -0.25) is 14.4 Å². The maximum Gasteiger partial charge on any atom is 0.165 e. The molecule has 0 amide bonds. The summed E-state index contributed by atoms with van der Waals surface area (Å²) in [4.78, 5) is 10.4. The van der Waals surface area contributed by atoms with E-state index in [2.05, 4.69) is 10.2 Å². The molecule has 0 spiro atoms. The van der Waals surface area contributed by atoms with E-state index in [9.17, 15) is 0 Å². The molecule has 2 aromatic carbocycles. The van der Waals surface area contributed by atoms with Crippen molar-refractivity contribution in [3.05, 3.63) is 75.3 Å². The van der Waals surface area contributed by atoms with Gasteiger partial charge in [0.15, 0.2) is 11.6 Å². The van der Waals surface area contributed by atoms with Gasteiger partial charge in [0.2, 0.25) is 0 Å². The molecule has 0 aliphatic carbocycles. The first-order chi connectivity index (χ1) is 13.0. The van der Waals surface area contributed by atoms with Gasteiger partial charge in [-0.1, -0.05) is 41.4 Å². The van der Waals surface area contributed by atoms with Gasteiger partial charge in [0, 0.05) is 35.3 Å². The zero-order chi connectivity index (χ0) is 19.0.